The van der Waals surface area contributed by atoms with Crippen molar-refractivity contribution in [3.63, 3.8) is 0 Å². The molecule has 0 N–H and O–H groups in total. The smallest absolute Gasteiger partial charge is 0.304 e. The maximum absolute atomic E-state index is 5.29. The zero-order valence-electron chi connectivity index (χ0n) is 48.1. The molecule has 0 saturated carbocycles. The van der Waals surface area contributed by atoms with Gasteiger partial charge in [-0.1, -0.05) is 156 Å². The number of rotatable bonds is 9. The number of nitrogens with zero attached hydrogens (tertiary/aromatic N) is 7. The second kappa shape index (κ2) is 21.5. The number of hydrogen-bond donors (Lipinski definition) is 0. The Morgan fingerprint density at radius 3 is 1.26 bits per heavy atom. The molecule has 8 heteroatoms. The Morgan fingerprint density at radius 2 is 0.759 bits per heavy atom. The topological polar surface area (TPSA) is 73.3 Å². The molecule has 0 fully saturated rings. The van der Waals surface area contributed by atoms with Crippen molar-refractivity contribution in [2.75, 3.05) is 0 Å². The van der Waals surface area contributed by atoms with Crippen molar-refractivity contribution < 1.29 is 20.1 Å². The molecule has 0 unspecified atom stereocenters. The van der Waals surface area contributed by atoms with E-state index in [2.05, 4.69) is 237 Å². The predicted molar refractivity (Wildman–Crippen MR) is 352 cm³/mol. The molecule has 412 valence electrons. The monoisotopic (exact) mass is 1290 g/mol. The van der Waals surface area contributed by atoms with Gasteiger partial charge in [-0.25, -0.2) is 0 Å². The van der Waals surface area contributed by atoms with Crippen LogP contribution in [-0.4, -0.2) is 34.2 Å². The van der Waals surface area contributed by atoms with Gasteiger partial charge < -0.3 is 15.0 Å². The van der Waals surface area contributed by atoms with Crippen LogP contribution in [0.2, 0.25) is 0 Å². The summed E-state index contributed by atoms with van der Waals surface area (Å²) in [5.74, 6) is 0. The van der Waals surface area contributed by atoms with Gasteiger partial charge in [0.25, 0.3) is 0 Å². The number of benzene rings is 9. The summed E-state index contributed by atoms with van der Waals surface area (Å²) >= 11 is 0. The van der Waals surface area contributed by atoms with E-state index in [-0.39, 0.29) is 20.1 Å². The Balaban J connectivity index is 0.00000638. The first-order valence-corrected chi connectivity index (χ1v) is 29.0. The fraction of sp³-hybridized carbons (Fsp3) is 0.0506. The maximum Gasteiger partial charge on any atom is 3.00 e. The van der Waals surface area contributed by atoms with Crippen LogP contribution in [0.15, 0.2) is 243 Å². The molecule has 0 amide bonds. The van der Waals surface area contributed by atoms with Gasteiger partial charge in [0.2, 0.25) is 0 Å². The average Bonchev–Trinajstić information content (AvgIpc) is 2.13. The van der Waals surface area contributed by atoms with Crippen LogP contribution in [0, 0.1) is 45.9 Å². The third kappa shape index (κ3) is 8.95. The Morgan fingerprint density at radius 1 is 0.322 bits per heavy atom. The quantitative estimate of drug-likeness (QED) is 0.106. The third-order valence-corrected chi connectivity index (χ3v) is 17.4. The summed E-state index contributed by atoms with van der Waals surface area (Å²) in [6, 6.07) is 90.3. The molecule has 0 atom stereocenters. The van der Waals surface area contributed by atoms with E-state index in [1.165, 1.54) is 5.56 Å². The number of aryl methyl sites for hydroxylation is 4. The molecule has 0 bridgehead atoms. The first-order valence-electron chi connectivity index (χ1n) is 29.0. The van der Waals surface area contributed by atoms with Crippen LogP contribution in [0.5, 0.6) is 0 Å². The Labute approximate surface area is 517 Å². The van der Waals surface area contributed by atoms with Crippen molar-refractivity contribution in [2.24, 2.45) is 0 Å². The van der Waals surface area contributed by atoms with Gasteiger partial charge in [-0.05, 0) is 179 Å². The van der Waals surface area contributed by atoms with Crippen LogP contribution in [0.4, 0.5) is 0 Å². The van der Waals surface area contributed by atoms with Crippen molar-refractivity contribution in [1.82, 2.24) is 34.2 Å². The minimum atomic E-state index is 0. The number of aromatic nitrogens is 7. The second-order valence-corrected chi connectivity index (χ2v) is 22.3. The van der Waals surface area contributed by atoms with Gasteiger partial charge in [-0.15, -0.1) is 84.4 Å². The van der Waals surface area contributed by atoms with E-state index in [1.54, 1.807) is 0 Å². The van der Waals surface area contributed by atoms with Gasteiger partial charge in [-0.3, -0.25) is 9.03 Å². The normalized spacial score (nSPS) is 11.6. The van der Waals surface area contributed by atoms with Crippen molar-refractivity contribution in [1.29, 1.82) is 0 Å². The van der Waals surface area contributed by atoms with Crippen LogP contribution in [-0.2, 0) is 20.1 Å². The van der Waals surface area contributed by atoms with Gasteiger partial charge in [0.15, 0.2) is 0 Å². The van der Waals surface area contributed by atoms with E-state index in [1.807, 2.05) is 61.1 Å². The van der Waals surface area contributed by atoms with Crippen LogP contribution >= 0.6 is 0 Å². The van der Waals surface area contributed by atoms with E-state index in [0.29, 0.717) is 0 Å². The van der Waals surface area contributed by atoms with E-state index in [9.17, 15) is 0 Å². The third-order valence-electron chi connectivity index (χ3n) is 17.4. The fourth-order valence-electron chi connectivity index (χ4n) is 12.9. The summed E-state index contributed by atoms with van der Waals surface area (Å²) in [4.78, 5) is 15.8. The molecule has 0 aliphatic rings. The Kier molecular flexibility index (Phi) is 13.2. The summed E-state index contributed by atoms with van der Waals surface area (Å²) in [6.07, 6.45) is 6.10. The molecular weight excluding hydrogens is 1240 g/mol. The van der Waals surface area contributed by atoms with Gasteiger partial charge in [0.05, 0.1) is 22.4 Å². The minimum absolute atomic E-state index is 0. The minimum Gasteiger partial charge on any atom is -0.304 e. The maximum atomic E-state index is 5.29. The van der Waals surface area contributed by atoms with Crippen LogP contribution < -0.4 is 0 Å². The molecular formula is C79H52IrN7. The van der Waals surface area contributed by atoms with Crippen molar-refractivity contribution in [3.05, 3.63) is 284 Å². The summed E-state index contributed by atoms with van der Waals surface area (Å²) in [7, 11) is 0. The van der Waals surface area contributed by atoms with E-state index in [0.717, 1.165) is 172 Å². The largest absolute Gasteiger partial charge is 3.00 e. The van der Waals surface area contributed by atoms with Crippen LogP contribution in [0.3, 0.4) is 0 Å². The van der Waals surface area contributed by atoms with Crippen molar-refractivity contribution in [3.8, 4) is 100 Å². The van der Waals surface area contributed by atoms with Gasteiger partial charge in [0.1, 0.15) is 0 Å². The molecule has 7 aromatic heterocycles. The number of pyridine rings is 5. The molecule has 7 heterocycles. The summed E-state index contributed by atoms with van der Waals surface area (Å²) < 4.78 is 4.14. The number of hydrogen-bond acceptors (Lipinski definition) is 5. The van der Waals surface area contributed by atoms with Gasteiger partial charge in [0, 0.05) is 24.2 Å². The first-order chi connectivity index (χ1) is 42.3. The summed E-state index contributed by atoms with van der Waals surface area (Å²) in [6.45, 7) is 8.47. The van der Waals surface area contributed by atoms with Crippen molar-refractivity contribution >= 4 is 54.6 Å². The summed E-state index contributed by atoms with van der Waals surface area (Å²) in [5, 5.41) is 14.0. The first kappa shape index (κ1) is 53.2. The molecule has 0 radical (unpaired) electrons. The predicted octanol–water partition coefficient (Wildman–Crippen LogP) is 19.4. The fourth-order valence-corrected chi connectivity index (χ4v) is 12.9. The van der Waals surface area contributed by atoms with Gasteiger partial charge in [-0.2, -0.15) is 10.2 Å². The van der Waals surface area contributed by atoms with E-state index >= 15 is 0 Å². The Hall–Kier alpha value is -10.5. The molecule has 7 nitrogen and oxygen atoms in total. The van der Waals surface area contributed by atoms with Crippen molar-refractivity contribution in [2.45, 2.75) is 27.7 Å². The zero-order chi connectivity index (χ0) is 57.6. The molecule has 0 aliphatic carbocycles. The molecule has 0 spiro atoms. The molecule has 0 aliphatic heterocycles. The molecule has 0 saturated heterocycles. The number of fused-ring (bicyclic) bond motifs is 12. The standard InChI is InChI=1S/C79H52N7.Ir/c1-48-50(3)83-85-74-33-19-17-31-67(74)76-70(78(48)85)42-59(45-81-76)64-28-13-11-25-61(64)56-39-57(62-26-12-14-29-65(62)60-43-71-77(82-46-60)68-32-18-20-34-75(68)86-79(71)49(2)51(4)84-86)41-58(40-56)63-27-15-16-30-66(63)72-47-80-73(55-23-9-6-10-24-55)44-69(72)54-37-35-53(36-38-54)52-21-7-5-8-22-52;/h5-23,25-30,33-47H,1-4H3;/q-3;+3. The Bertz CT molecular complexity index is 5170. The zero-order valence-corrected chi connectivity index (χ0v) is 50.5. The summed E-state index contributed by atoms with van der Waals surface area (Å²) in [5.41, 5.74) is 29.0. The van der Waals surface area contributed by atoms with E-state index < -0.39 is 0 Å². The van der Waals surface area contributed by atoms with E-state index in [4.69, 9.17) is 25.1 Å². The molecule has 16 rings (SSSR count). The van der Waals surface area contributed by atoms with Gasteiger partial charge >= 0.3 is 20.1 Å². The SMILES string of the molecule is Cc1nn2c3ccc[c-]c3c3ncc(-c4ccccc4-c4cc(-c5ccccc5-c5cnc6c7[c-]cccc7n7nc(C)c(C)c7c6c5)cc(-c5ccccc5-c5cnc(-c6[c-]cccc6)cc5-c5ccc(-c6ccccc6)cc5)c4)cc3c2c1C.[Ir+3]. The average molecular weight is 1290 g/mol. The molecule has 87 heavy (non-hydrogen) atoms. The molecule has 9 aromatic carbocycles. The molecule has 16 aromatic rings. The van der Waals surface area contributed by atoms with Crippen LogP contribution in [0.25, 0.3) is 155 Å². The van der Waals surface area contributed by atoms with Crippen LogP contribution in [0.1, 0.15) is 22.5 Å². The second-order valence-electron chi connectivity index (χ2n) is 22.3.